The molecule has 8 heteroatoms. The Morgan fingerprint density at radius 3 is 2.70 bits per heavy atom. The molecule has 0 spiro atoms. The lowest BCUT2D eigenvalue weighted by Crippen LogP contribution is -2.39. The lowest BCUT2D eigenvalue weighted by atomic mass is 10.3. The molecule has 0 aliphatic rings. The quantitative estimate of drug-likeness (QED) is 0.400. The van der Waals surface area contributed by atoms with Gasteiger partial charge in [0, 0.05) is 30.9 Å². The molecule has 1 aromatic heterocycles. The number of hydrogen-bond acceptors (Lipinski definition) is 4. The lowest BCUT2D eigenvalue weighted by molar-refractivity contribution is -0.120. The van der Waals surface area contributed by atoms with Crippen molar-refractivity contribution in [3.63, 3.8) is 0 Å². The number of amides is 1. The largest absolute Gasteiger partial charge is 0.386 e. The first-order valence-electron chi connectivity index (χ1n) is 7.79. The van der Waals surface area contributed by atoms with E-state index in [0.29, 0.717) is 36.4 Å². The van der Waals surface area contributed by atoms with Gasteiger partial charge < -0.3 is 21.1 Å². The molecule has 0 saturated carbocycles. The Bertz CT molecular complexity index is 507. The van der Waals surface area contributed by atoms with Gasteiger partial charge in [-0.15, -0.1) is 11.3 Å². The Balaban J connectivity index is 2.42. The summed E-state index contributed by atoms with van der Waals surface area (Å²) < 4.78 is 0.645. The Morgan fingerprint density at radius 2 is 2.09 bits per heavy atom. The Labute approximate surface area is 146 Å². The van der Waals surface area contributed by atoms with Crippen LogP contribution in [-0.4, -0.2) is 43.2 Å². The van der Waals surface area contributed by atoms with Crippen LogP contribution < -0.4 is 16.0 Å². The summed E-state index contributed by atoms with van der Waals surface area (Å²) in [5.41, 5.74) is 0. The van der Waals surface area contributed by atoms with E-state index < -0.39 is 6.10 Å². The number of nitrogens with zero attached hydrogens (tertiary/aromatic N) is 1. The van der Waals surface area contributed by atoms with Crippen LogP contribution in [0.4, 0.5) is 0 Å². The number of aliphatic hydroxyl groups excluding tert-OH is 1. The third-order valence-electron chi connectivity index (χ3n) is 2.91. The van der Waals surface area contributed by atoms with Crippen LogP contribution >= 0.6 is 22.9 Å². The number of carbonyl (C=O) groups excluding carboxylic acids is 1. The number of aliphatic imine (C=N–C) groups is 1. The van der Waals surface area contributed by atoms with E-state index >= 15 is 0 Å². The minimum absolute atomic E-state index is 0.0171. The predicted molar refractivity (Wildman–Crippen MR) is 96.2 cm³/mol. The molecule has 0 fully saturated rings. The molecule has 0 aliphatic carbocycles. The fourth-order valence-electron chi connectivity index (χ4n) is 1.76. The molecular weight excluding hydrogens is 336 g/mol. The summed E-state index contributed by atoms with van der Waals surface area (Å²) in [6.45, 7) is 6.09. The van der Waals surface area contributed by atoms with Crippen LogP contribution in [-0.2, 0) is 4.79 Å². The summed E-state index contributed by atoms with van der Waals surface area (Å²) in [7, 11) is 0. The SMILES string of the molecule is CCCNC(=O)CCNC(=NCC(O)c1ccc(Cl)s1)NCC. The number of hydrogen-bond donors (Lipinski definition) is 4. The number of rotatable bonds is 9. The molecule has 1 rings (SSSR count). The van der Waals surface area contributed by atoms with Gasteiger partial charge in [0.15, 0.2) is 5.96 Å². The van der Waals surface area contributed by atoms with Crippen LogP contribution in [0, 0.1) is 0 Å². The first-order valence-corrected chi connectivity index (χ1v) is 8.98. The molecule has 0 radical (unpaired) electrons. The minimum atomic E-state index is -0.684. The van der Waals surface area contributed by atoms with Gasteiger partial charge in [0.25, 0.3) is 0 Å². The smallest absolute Gasteiger partial charge is 0.221 e. The Morgan fingerprint density at radius 1 is 1.30 bits per heavy atom. The van der Waals surface area contributed by atoms with Gasteiger partial charge >= 0.3 is 0 Å². The van der Waals surface area contributed by atoms with Crippen molar-refractivity contribution in [3.05, 3.63) is 21.3 Å². The zero-order chi connectivity index (χ0) is 17.1. The van der Waals surface area contributed by atoms with Gasteiger partial charge in [-0.05, 0) is 25.5 Å². The Kier molecular flexibility index (Phi) is 9.66. The van der Waals surface area contributed by atoms with Crippen LogP contribution in [0.15, 0.2) is 17.1 Å². The van der Waals surface area contributed by atoms with Crippen molar-refractivity contribution in [3.8, 4) is 0 Å². The van der Waals surface area contributed by atoms with Crippen molar-refractivity contribution >= 4 is 34.8 Å². The third-order valence-corrected chi connectivity index (χ3v) is 4.24. The van der Waals surface area contributed by atoms with E-state index in [0.717, 1.165) is 11.3 Å². The lowest BCUT2D eigenvalue weighted by Gasteiger charge is -2.12. The molecule has 0 bridgehead atoms. The molecular formula is C15H25ClN4O2S. The zero-order valence-corrected chi connectivity index (χ0v) is 15.1. The van der Waals surface area contributed by atoms with Crippen molar-refractivity contribution in [1.29, 1.82) is 0 Å². The standard InChI is InChI=1S/C15H25ClN4O2S/c1-3-8-18-14(22)7-9-19-15(17-4-2)20-10-11(21)12-5-6-13(16)23-12/h5-6,11,21H,3-4,7-10H2,1-2H3,(H,18,22)(H2,17,19,20). The summed E-state index contributed by atoms with van der Waals surface area (Å²) in [6.07, 6.45) is 0.623. The van der Waals surface area contributed by atoms with Crippen LogP contribution in [0.5, 0.6) is 0 Å². The molecule has 0 aromatic carbocycles. The molecule has 1 unspecified atom stereocenters. The number of aliphatic hydroxyl groups is 1. The van der Waals surface area contributed by atoms with Gasteiger partial charge in [-0.1, -0.05) is 18.5 Å². The molecule has 130 valence electrons. The highest BCUT2D eigenvalue weighted by atomic mass is 35.5. The van der Waals surface area contributed by atoms with Crippen molar-refractivity contribution in [2.24, 2.45) is 4.99 Å². The minimum Gasteiger partial charge on any atom is -0.386 e. The highest BCUT2D eigenvalue weighted by molar-refractivity contribution is 7.16. The molecule has 4 N–H and O–H groups in total. The van der Waals surface area contributed by atoms with Gasteiger partial charge in [0.05, 0.1) is 10.9 Å². The van der Waals surface area contributed by atoms with E-state index in [1.807, 2.05) is 13.8 Å². The predicted octanol–water partition coefficient (Wildman–Crippen LogP) is 1.91. The van der Waals surface area contributed by atoms with Gasteiger partial charge in [0.2, 0.25) is 5.91 Å². The molecule has 1 atom stereocenters. The summed E-state index contributed by atoms with van der Waals surface area (Å²) in [5.74, 6) is 0.598. The van der Waals surface area contributed by atoms with Crippen LogP contribution in [0.25, 0.3) is 0 Å². The van der Waals surface area contributed by atoms with Crippen molar-refractivity contribution < 1.29 is 9.90 Å². The normalized spacial score (nSPS) is 12.8. The second-order valence-corrected chi connectivity index (χ2v) is 6.65. The van der Waals surface area contributed by atoms with Crippen LogP contribution in [0.1, 0.15) is 37.7 Å². The van der Waals surface area contributed by atoms with Gasteiger partial charge in [-0.25, -0.2) is 0 Å². The summed E-state index contributed by atoms with van der Waals surface area (Å²) in [5, 5.41) is 19.1. The van der Waals surface area contributed by atoms with Gasteiger partial charge in [0.1, 0.15) is 6.10 Å². The van der Waals surface area contributed by atoms with E-state index in [9.17, 15) is 9.90 Å². The fourth-order valence-corrected chi connectivity index (χ4v) is 2.80. The monoisotopic (exact) mass is 360 g/mol. The third kappa shape index (κ3) is 8.20. The Hall–Kier alpha value is -1.31. The van der Waals surface area contributed by atoms with Crippen molar-refractivity contribution in [2.45, 2.75) is 32.8 Å². The van der Waals surface area contributed by atoms with Gasteiger partial charge in [-0.2, -0.15) is 0 Å². The number of carbonyl (C=O) groups is 1. The van der Waals surface area contributed by atoms with Gasteiger partial charge in [-0.3, -0.25) is 9.79 Å². The summed E-state index contributed by atoms with van der Waals surface area (Å²) in [4.78, 5) is 16.7. The first-order chi connectivity index (χ1) is 11.1. The first kappa shape index (κ1) is 19.7. The van der Waals surface area contributed by atoms with E-state index in [2.05, 4.69) is 20.9 Å². The van der Waals surface area contributed by atoms with E-state index in [1.54, 1.807) is 12.1 Å². The molecule has 6 nitrogen and oxygen atoms in total. The van der Waals surface area contributed by atoms with Crippen molar-refractivity contribution in [1.82, 2.24) is 16.0 Å². The zero-order valence-electron chi connectivity index (χ0n) is 13.6. The maximum absolute atomic E-state index is 11.5. The number of halogens is 1. The average molecular weight is 361 g/mol. The fraction of sp³-hybridized carbons (Fsp3) is 0.600. The molecule has 23 heavy (non-hydrogen) atoms. The number of guanidine groups is 1. The maximum Gasteiger partial charge on any atom is 0.221 e. The summed E-state index contributed by atoms with van der Waals surface area (Å²) in [6, 6.07) is 3.55. The number of nitrogens with one attached hydrogen (secondary N) is 3. The number of thiophene rings is 1. The van der Waals surface area contributed by atoms with Crippen molar-refractivity contribution in [2.75, 3.05) is 26.2 Å². The highest BCUT2D eigenvalue weighted by Crippen LogP contribution is 2.26. The molecule has 1 amide bonds. The second kappa shape index (κ2) is 11.3. The summed E-state index contributed by atoms with van der Waals surface area (Å²) >= 11 is 7.20. The van der Waals surface area contributed by atoms with E-state index in [4.69, 9.17) is 11.6 Å². The van der Waals surface area contributed by atoms with Crippen LogP contribution in [0.3, 0.4) is 0 Å². The van der Waals surface area contributed by atoms with E-state index in [1.165, 1.54) is 11.3 Å². The maximum atomic E-state index is 11.5. The topological polar surface area (TPSA) is 85.8 Å². The highest BCUT2D eigenvalue weighted by Gasteiger charge is 2.10. The molecule has 1 heterocycles. The van der Waals surface area contributed by atoms with E-state index in [-0.39, 0.29) is 12.5 Å². The average Bonchev–Trinajstić information content (AvgIpc) is 2.96. The second-order valence-electron chi connectivity index (χ2n) is 4.90. The molecule has 1 aromatic rings. The van der Waals surface area contributed by atoms with Crippen LogP contribution in [0.2, 0.25) is 4.34 Å². The molecule has 0 aliphatic heterocycles. The molecule has 0 saturated heterocycles.